The summed E-state index contributed by atoms with van der Waals surface area (Å²) >= 11 is 5.80. The second kappa shape index (κ2) is 6.45. The first-order valence-electron chi connectivity index (χ1n) is 6.71. The molecule has 2 aromatic heterocycles. The monoisotopic (exact) mass is 329 g/mol. The lowest BCUT2D eigenvalue weighted by molar-refractivity contribution is 0.102. The molecule has 0 unspecified atom stereocenters. The molecule has 0 bridgehead atoms. The fraction of sp³-hybridized carbons (Fsp3) is 0.0667. The number of hydrogen-bond donors (Lipinski definition) is 2. The van der Waals surface area contributed by atoms with Crippen LogP contribution in [0.4, 0.5) is 17.3 Å². The molecule has 0 aliphatic heterocycles. The molecule has 1 amide bonds. The van der Waals surface area contributed by atoms with E-state index in [9.17, 15) is 4.79 Å². The number of amides is 1. The molecule has 3 aromatic rings. The van der Waals surface area contributed by atoms with Gasteiger partial charge in [-0.25, -0.2) is 0 Å². The van der Waals surface area contributed by atoms with Crippen LogP contribution in [0.25, 0.3) is 0 Å². The van der Waals surface area contributed by atoms with E-state index in [0.29, 0.717) is 28.1 Å². The maximum absolute atomic E-state index is 12.1. The topological polar surface area (TPSA) is 92.9 Å². The third-order valence-electron chi connectivity index (χ3n) is 2.88. The van der Waals surface area contributed by atoms with Crippen molar-refractivity contribution in [2.45, 2.75) is 6.92 Å². The summed E-state index contributed by atoms with van der Waals surface area (Å²) < 4.78 is 4.94. The minimum absolute atomic E-state index is 0.196. The van der Waals surface area contributed by atoms with Crippen LogP contribution >= 0.6 is 11.6 Å². The predicted octanol–water partition coefficient (Wildman–Crippen LogP) is 3.42. The number of nitrogens with one attached hydrogen (secondary N) is 2. The molecule has 116 valence electrons. The third-order valence-corrected chi connectivity index (χ3v) is 3.14. The second-order valence-corrected chi connectivity index (χ2v) is 5.15. The van der Waals surface area contributed by atoms with Crippen LogP contribution in [-0.4, -0.2) is 21.3 Å². The lowest BCUT2D eigenvalue weighted by Gasteiger charge is -2.05. The number of nitrogens with zero attached hydrogens (tertiary/aromatic N) is 3. The maximum atomic E-state index is 12.1. The number of aromatic nitrogens is 3. The van der Waals surface area contributed by atoms with Crippen LogP contribution < -0.4 is 10.6 Å². The molecule has 0 atom stereocenters. The van der Waals surface area contributed by atoms with Gasteiger partial charge >= 0.3 is 0 Å². The fourth-order valence-electron chi connectivity index (χ4n) is 1.80. The van der Waals surface area contributed by atoms with E-state index in [1.54, 1.807) is 49.4 Å². The van der Waals surface area contributed by atoms with Crippen LogP contribution in [0.2, 0.25) is 5.02 Å². The third kappa shape index (κ3) is 3.83. The van der Waals surface area contributed by atoms with Gasteiger partial charge in [0.05, 0.1) is 0 Å². The summed E-state index contributed by atoms with van der Waals surface area (Å²) in [6, 6.07) is 11.7. The Morgan fingerprint density at radius 1 is 1.09 bits per heavy atom. The van der Waals surface area contributed by atoms with Gasteiger partial charge in [-0.15, -0.1) is 10.2 Å². The number of hydrogen-bond acceptors (Lipinski definition) is 6. The first kappa shape index (κ1) is 15.0. The molecule has 0 aliphatic rings. The molecule has 0 spiro atoms. The molecule has 0 radical (unpaired) electrons. The van der Waals surface area contributed by atoms with Crippen molar-refractivity contribution < 1.29 is 9.32 Å². The van der Waals surface area contributed by atoms with Crippen molar-refractivity contribution in [1.82, 2.24) is 15.4 Å². The SMILES string of the molecule is Cc1cc(Nc2ccc(C(=O)Nc3ccc(Cl)cc3)nn2)no1. The Bertz CT molecular complexity index is 815. The highest BCUT2D eigenvalue weighted by atomic mass is 35.5. The number of carbonyl (C=O) groups is 1. The Labute approximate surface area is 136 Å². The highest BCUT2D eigenvalue weighted by molar-refractivity contribution is 6.30. The molecule has 0 fully saturated rings. The zero-order valence-corrected chi connectivity index (χ0v) is 12.8. The molecular formula is C15H12ClN5O2. The second-order valence-electron chi connectivity index (χ2n) is 4.71. The van der Waals surface area contributed by atoms with Crippen LogP contribution in [0.5, 0.6) is 0 Å². The van der Waals surface area contributed by atoms with Crippen molar-refractivity contribution in [3.8, 4) is 0 Å². The van der Waals surface area contributed by atoms with Gasteiger partial charge in [-0.3, -0.25) is 4.79 Å². The van der Waals surface area contributed by atoms with Crippen molar-refractivity contribution in [1.29, 1.82) is 0 Å². The van der Waals surface area contributed by atoms with Gasteiger partial charge in [-0.05, 0) is 43.3 Å². The number of benzene rings is 1. The molecule has 1 aromatic carbocycles. The van der Waals surface area contributed by atoms with Crippen LogP contribution in [0.3, 0.4) is 0 Å². The average molecular weight is 330 g/mol. The van der Waals surface area contributed by atoms with Gasteiger partial charge in [0.25, 0.3) is 5.91 Å². The minimum Gasteiger partial charge on any atom is -0.360 e. The Kier molecular flexibility index (Phi) is 4.20. The molecule has 23 heavy (non-hydrogen) atoms. The van der Waals surface area contributed by atoms with E-state index in [0.717, 1.165) is 0 Å². The predicted molar refractivity (Wildman–Crippen MR) is 86.0 cm³/mol. The van der Waals surface area contributed by atoms with E-state index in [1.165, 1.54) is 0 Å². The zero-order valence-electron chi connectivity index (χ0n) is 12.1. The molecule has 8 heteroatoms. The largest absolute Gasteiger partial charge is 0.360 e. The van der Waals surface area contributed by atoms with Gasteiger partial charge in [-0.1, -0.05) is 16.8 Å². The van der Waals surface area contributed by atoms with Gasteiger partial charge in [0.1, 0.15) is 5.76 Å². The fourth-order valence-corrected chi connectivity index (χ4v) is 1.93. The van der Waals surface area contributed by atoms with Gasteiger partial charge in [0, 0.05) is 16.8 Å². The first-order valence-corrected chi connectivity index (χ1v) is 7.09. The van der Waals surface area contributed by atoms with E-state index in [4.69, 9.17) is 16.1 Å². The highest BCUT2D eigenvalue weighted by Gasteiger charge is 2.09. The summed E-state index contributed by atoms with van der Waals surface area (Å²) in [6.07, 6.45) is 0. The number of anilines is 3. The number of carbonyl (C=O) groups excluding carboxylic acids is 1. The van der Waals surface area contributed by atoms with Gasteiger partial charge in [0.15, 0.2) is 17.3 Å². The highest BCUT2D eigenvalue weighted by Crippen LogP contribution is 2.15. The zero-order chi connectivity index (χ0) is 16.2. The van der Waals surface area contributed by atoms with Crippen LogP contribution in [0.1, 0.15) is 16.2 Å². The quantitative estimate of drug-likeness (QED) is 0.761. The average Bonchev–Trinajstić information content (AvgIpc) is 2.95. The summed E-state index contributed by atoms with van der Waals surface area (Å²) in [4.78, 5) is 12.1. The Morgan fingerprint density at radius 3 is 2.48 bits per heavy atom. The summed E-state index contributed by atoms with van der Waals surface area (Å²) in [6.45, 7) is 1.79. The van der Waals surface area contributed by atoms with Crippen molar-refractivity contribution in [2.24, 2.45) is 0 Å². The summed E-state index contributed by atoms with van der Waals surface area (Å²) in [5, 5.41) is 17.8. The van der Waals surface area contributed by atoms with Crippen LogP contribution in [0, 0.1) is 6.92 Å². The molecule has 3 rings (SSSR count). The van der Waals surface area contributed by atoms with Crippen molar-refractivity contribution in [3.05, 3.63) is 58.9 Å². The van der Waals surface area contributed by atoms with Gasteiger partial charge < -0.3 is 15.2 Å². The number of rotatable bonds is 4. The van der Waals surface area contributed by atoms with E-state index in [2.05, 4.69) is 26.0 Å². The van der Waals surface area contributed by atoms with Crippen LogP contribution in [-0.2, 0) is 0 Å². The minimum atomic E-state index is -0.358. The summed E-state index contributed by atoms with van der Waals surface area (Å²) in [5.41, 5.74) is 0.823. The van der Waals surface area contributed by atoms with E-state index >= 15 is 0 Å². The number of aryl methyl sites for hydroxylation is 1. The smallest absolute Gasteiger partial charge is 0.276 e. The van der Waals surface area contributed by atoms with Gasteiger partial charge in [-0.2, -0.15) is 0 Å². The van der Waals surface area contributed by atoms with E-state index in [-0.39, 0.29) is 11.6 Å². The van der Waals surface area contributed by atoms with Crippen LogP contribution in [0.15, 0.2) is 47.0 Å². The Balaban J connectivity index is 1.66. The molecule has 0 aliphatic carbocycles. The Hall–Kier alpha value is -2.93. The van der Waals surface area contributed by atoms with Crippen molar-refractivity contribution >= 4 is 34.8 Å². The van der Waals surface area contributed by atoms with Crippen molar-refractivity contribution in [3.63, 3.8) is 0 Å². The molecule has 2 N–H and O–H groups in total. The molecule has 0 saturated carbocycles. The molecular weight excluding hydrogens is 318 g/mol. The van der Waals surface area contributed by atoms with Crippen molar-refractivity contribution in [2.75, 3.05) is 10.6 Å². The lowest BCUT2D eigenvalue weighted by Crippen LogP contribution is -2.14. The Morgan fingerprint density at radius 2 is 1.87 bits per heavy atom. The van der Waals surface area contributed by atoms with E-state index in [1.807, 2.05) is 0 Å². The van der Waals surface area contributed by atoms with E-state index < -0.39 is 0 Å². The standard InChI is InChI=1S/C15H12ClN5O2/c1-9-8-14(21-23-9)18-13-7-6-12(19-20-13)15(22)17-11-4-2-10(16)3-5-11/h2-8H,1H3,(H,17,22)(H,18,20,21). The summed E-state index contributed by atoms with van der Waals surface area (Å²) in [5.74, 6) is 1.31. The summed E-state index contributed by atoms with van der Waals surface area (Å²) in [7, 11) is 0. The molecule has 0 saturated heterocycles. The molecule has 2 heterocycles. The maximum Gasteiger partial charge on any atom is 0.276 e. The normalized spacial score (nSPS) is 10.3. The first-order chi connectivity index (χ1) is 11.1. The number of halogens is 1. The molecule has 7 nitrogen and oxygen atoms in total. The van der Waals surface area contributed by atoms with Gasteiger partial charge in [0.2, 0.25) is 0 Å². The lowest BCUT2D eigenvalue weighted by atomic mass is 10.3.